The molecule has 0 spiro atoms. The molecule has 0 bridgehead atoms. The van der Waals surface area contributed by atoms with Crippen LogP contribution in [-0.2, 0) is 16.0 Å². The third-order valence-electron chi connectivity index (χ3n) is 3.27. The van der Waals surface area contributed by atoms with Crippen LogP contribution in [0.1, 0.15) is 31.1 Å². The number of rotatable bonds is 2. The molecule has 17 heavy (non-hydrogen) atoms. The number of morpholine rings is 1. The fraction of sp³-hybridized carbons (Fsp3) is 0.500. The molecule has 1 saturated heterocycles. The molecule has 0 aliphatic carbocycles. The van der Waals surface area contributed by atoms with Crippen LogP contribution in [0, 0.1) is 0 Å². The number of carbonyl (C=O) groups excluding carboxylic acids is 1. The first kappa shape index (κ1) is 12.1. The van der Waals surface area contributed by atoms with Crippen LogP contribution in [0.4, 0.5) is 0 Å². The largest absolute Gasteiger partial charge is 0.370 e. The van der Waals surface area contributed by atoms with Gasteiger partial charge in [-0.25, -0.2) is 0 Å². The van der Waals surface area contributed by atoms with Gasteiger partial charge in [-0.15, -0.1) is 0 Å². The van der Waals surface area contributed by atoms with Crippen molar-refractivity contribution in [2.75, 3.05) is 19.7 Å². The molecule has 1 aliphatic rings. The molecule has 0 N–H and O–H groups in total. The van der Waals surface area contributed by atoms with E-state index >= 15 is 0 Å². The van der Waals surface area contributed by atoms with Crippen molar-refractivity contribution in [1.29, 1.82) is 0 Å². The van der Waals surface area contributed by atoms with E-state index in [0.29, 0.717) is 19.7 Å². The number of hydrogen-bond donors (Lipinski definition) is 0. The van der Waals surface area contributed by atoms with Crippen molar-refractivity contribution in [2.45, 2.75) is 26.4 Å². The fourth-order valence-corrected chi connectivity index (χ4v) is 2.10. The average Bonchev–Trinajstić information content (AvgIpc) is 2.39. The summed E-state index contributed by atoms with van der Waals surface area (Å²) in [6.45, 7) is 5.76. The van der Waals surface area contributed by atoms with E-state index in [4.69, 9.17) is 4.74 Å². The SMILES string of the molecule is CCc1ccc([C@@H]2CN(C(C)=O)CCO2)cc1. The topological polar surface area (TPSA) is 29.5 Å². The maximum Gasteiger partial charge on any atom is 0.219 e. The molecule has 1 aliphatic heterocycles. The van der Waals surface area contributed by atoms with Crippen molar-refractivity contribution in [2.24, 2.45) is 0 Å². The Morgan fingerprint density at radius 2 is 2.12 bits per heavy atom. The van der Waals surface area contributed by atoms with Gasteiger partial charge < -0.3 is 9.64 Å². The molecular formula is C14H19NO2. The van der Waals surface area contributed by atoms with Crippen molar-refractivity contribution in [3.63, 3.8) is 0 Å². The minimum atomic E-state index is 0.0264. The molecular weight excluding hydrogens is 214 g/mol. The van der Waals surface area contributed by atoms with Gasteiger partial charge in [0.1, 0.15) is 6.10 Å². The normalized spacial score (nSPS) is 20.4. The van der Waals surface area contributed by atoms with Crippen LogP contribution in [-0.4, -0.2) is 30.5 Å². The summed E-state index contributed by atoms with van der Waals surface area (Å²) >= 11 is 0. The van der Waals surface area contributed by atoms with Gasteiger partial charge in [-0.1, -0.05) is 31.2 Å². The molecule has 3 heteroatoms. The first-order valence-electron chi connectivity index (χ1n) is 6.16. The van der Waals surface area contributed by atoms with Gasteiger partial charge in [0.25, 0.3) is 0 Å². The second-order valence-corrected chi connectivity index (χ2v) is 4.42. The van der Waals surface area contributed by atoms with Crippen molar-refractivity contribution in [1.82, 2.24) is 4.90 Å². The summed E-state index contributed by atoms with van der Waals surface area (Å²) < 4.78 is 5.72. The van der Waals surface area contributed by atoms with Crippen molar-refractivity contribution in [3.8, 4) is 0 Å². The predicted molar refractivity (Wildman–Crippen MR) is 66.8 cm³/mol. The molecule has 0 radical (unpaired) electrons. The van der Waals surface area contributed by atoms with Crippen molar-refractivity contribution in [3.05, 3.63) is 35.4 Å². The van der Waals surface area contributed by atoms with Crippen molar-refractivity contribution < 1.29 is 9.53 Å². The summed E-state index contributed by atoms with van der Waals surface area (Å²) in [7, 11) is 0. The minimum absolute atomic E-state index is 0.0264. The summed E-state index contributed by atoms with van der Waals surface area (Å²) in [6.07, 6.45) is 1.07. The molecule has 0 unspecified atom stereocenters. The van der Waals surface area contributed by atoms with Crippen LogP contribution in [0.3, 0.4) is 0 Å². The Labute approximate surface area is 102 Å². The second-order valence-electron chi connectivity index (χ2n) is 4.42. The molecule has 1 heterocycles. The van der Waals surface area contributed by atoms with Gasteiger partial charge in [0.15, 0.2) is 0 Å². The lowest BCUT2D eigenvalue weighted by molar-refractivity contribution is -0.136. The van der Waals surface area contributed by atoms with Crippen molar-refractivity contribution >= 4 is 5.91 Å². The quantitative estimate of drug-likeness (QED) is 0.783. The Hall–Kier alpha value is -1.35. The van der Waals surface area contributed by atoms with E-state index in [-0.39, 0.29) is 12.0 Å². The van der Waals surface area contributed by atoms with Crippen LogP contribution in [0.2, 0.25) is 0 Å². The van der Waals surface area contributed by atoms with E-state index in [9.17, 15) is 4.79 Å². The van der Waals surface area contributed by atoms with Crippen LogP contribution in [0.15, 0.2) is 24.3 Å². The summed E-state index contributed by atoms with van der Waals surface area (Å²) in [4.78, 5) is 13.2. The summed E-state index contributed by atoms with van der Waals surface area (Å²) in [5, 5.41) is 0. The Morgan fingerprint density at radius 1 is 1.41 bits per heavy atom. The van der Waals surface area contributed by atoms with Crippen LogP contribution in [0.25, 0.3) is 0 Å². The lowest BCUT2D eigenvalue weighted by atomic mass is 10.0. The van der Waals surface area contributed by atoms with Gasteiger partial charge in [-0.05, 0) is 17.5 Å². The number of carbonyl (C=O) groups is 1. The van der Waals surface area contributed by atoms with Crippen LogP contribution >= 0.6 is 0 Å². The van der Waals surface area contributed by atoms with E-state index in [1.54, 1.807) is 6.92 Å². The Morgan fingerprint density at radius 3 is 2.71 bits per heavy atom. The standard InChI is InChI=1S/C14H19NO2/c1-3-12-4-6-13(7-5-12)14-10-15(11(2)16)8-9-17-14/h4-7,14H,3,8-10H2,1-2H3/t14-/m0/s1. The van der Waals surface area contributed by atoms with Crippen LogP contribution in [0.5, 0.6) is 0 Å². The van der Waals surface area contributed by atoms with Gasteiger partial charge in [0.05, 0.1) is 13.2 Å². The molecule has 2 rings (SSSR count). The maximum absolute atomic E-state index is 11.3. The molecule has 1 amide bonds. The van der Waals surface area contributed by atoms with E-state index < -0.39 is 0 Å². The molecule has 92 valence electrons. The molecule has 1 atom stereocenters. The number of benzene rings is 1. The highest BCUT2D eigenvalue weighted by Crippen LogP contribution is 2.22. The second kappa shape index (κ2) is 5.32. The number of nitrogens with zero attached hydrogens (tertiary/aromatic N) is 1. The molecule has 1 fully saturated rings. The van der Waals surface area contributed by atoms with Crippen LogP contribution < -0.4 is 0 Å². The number of hydrogen-bond acceptors (Lipinski definition) is 2. The Balaban J connectivity index is 2.08. The highest BCUT2D eigenvalue weighted by Gasteiger charge is 2.23. The average molecular weight is 233 g/mol. The fourth-order valence-electron chi connectivity index (χ4n) is 2.10. The summed E-state index contributed by atoms with van der Waals surface area (Å²) in [6, 6.07) is 8.47. The number of aryl methyl sites for hydroxylation is 1. The lowest BCUT2D eigenvalue weighted by Gasteiger charge is -2.32. The molecule has 3 nitrogen and oxygen atoms in total. The van der Waals surface area contributed by atoms with Gasteiger partial charge in [-0.2, -0.15) is 0 Å². The lowest BCUT2D eigenvalue weighted by Crippen LogP contribution is -2.41. The van der Waals surface area contributed by atoms with E-state index in [2.05, 4.69) is 31.2 Å². The molecule has 0 saturated carbocycles. The first-order valence-corrected chi connectivity index (χ1v) is 6.16. The third kappa shape index (κ3) is 2.86. The monoisotopic (exact) mass is 233 g/mol. The smallest absolute Gasteiger partial charge is 0.219 e. The number of ether oxygens (including phenoxy) is 1. The van der Waals surface area contributed by atoms with Gasteiger partial charge in [0, 0.05) is 13.5 Å². The first-order chi connectivity index (χ1) is 8.20. The number of amides is 1. The molecule has 1 aromatic carbocycles. The predicted octanol–water partition coefficient (Wildman–Crippen LogP) is 2.17. The minimum Gasteiger partial charge on any atom is -0.370 e. The zero-order valence-corrected chi connectivity index (χ0v) is 10.5. The van der Waals surface area contributed by atoms with Gasteiger partial charge >= 0.3 is 0 Å². The maximum atomic E-state index is 11.3. The Kier molecular flexibility index (Phi) is 3.79. The highest BCUT2D eigenvalue weighted by atomic mass is 16.5. The van der Waals surface area contributed by atoms with E-state index in [1.807, 2.05) is 4.90 Å². The van der Waals surface area contributed by atoms with Gasteiger partial charge in [0.2, 0.25) is 5.91 Å². The van der Waals surface area contributed by atoms with Gasteiger partial charge in [-0.3, -0.25) is 4.79 Å². The zero-order valence-electron chi connectivity index (χ0n) is 10.5. The molecule has 1 aromatic rings. The summed E-state index contributed by atoms with van der Waals surface area (Å²) in [5.41, 5.74) is 2.49. The highest BCUT2D eigenvalue weighted by molar-refractivity contribution is 5.73. The zero-order chi connectivity index (χ0) is 12.3. The third-order valence-corrected chi connectivity index (χ3v) is 3.27. The summed E-state index contributed by atoms with van der Waals surface area (Å²) in [5.74, 6) is 0.128. The van der Waals surface area contributed by atoms with E-state index in [0.717, 1.165) is 12.0 Å². The Bertz CT molecular complexity index is 386. The molecule has 0 aromatic heterocycles. The van der Waals surface area contributed by atoms with E-state index in [1.165, 1.54) is 5.56 Å².